The molecule has 1 rings (SSSR count). The third-order valence-corrected chi connectivity index (χ3v) is 1.55. The summed E-state index contributed by atoms with van der Waals surface area (Å²) in [7, 11) is 0. The summed E-state index contributed by atoms with van der Waals surface area (Å²) >= 11 is 7.98. The maximum Gasteiger partial charge on any atom is 0.151 e. The van der Waals surface area contributed by atoms with E-state index in [4.69, 9.17) is 0 Å². The van der Waals surface area contributed by atoms with Crippen molar-refractivity contribution in [2.24, 2.45) is 0 Å². The summed E-state index contributed by atoms with van der Waals surface area (Å²) < 4.78 is 1.40. The number of aryl methyl sites for hydroxylation is 1. The molecule has 2 nitrogen and oxygen atoms in total. The summed E-state index contributed by atoms with van der Waals surface area (Å²) in [5.74, 6) is 0.772. The number of anilines is 1. The Balaban J connectivity index is 3.03. The Morgan fingerprint density at radius 2 is 2.20 bits per heavy atom. The number of pyridine rings is 1. The molecule has 1 aromatic rings. The molecule has 0 bridgehead atoms. The van der Waals surface area contributed by atoms with Gasteiger partial charge in [-0.1, -0.05) is 31.7 Å². The van der Waals surface area contributed by atoms with E-state index in [-0.39, 0.29) is 0 Å². The van der Waals surface area contributed by atoms with Gasteiger partial charge in [0.15, 0.2) is 5.82 Å². The highest BCUT2D eigenvalue weighted by Crippen LogP contribution is 2.18. The minimum absolute atomic E-state index is 0.772. The van der Waals surface area contributed by atoms with Crippen molar-refractivity contribution in [2.75, 3.05) is 3.71 Å². The van der Waals surface area contributed by atoms with E-state index in [1.54, 1.807) is 6.20 Å². The van der Waals surface area contributed by atoms with Gasteiger partial charge in [-0.3, -0.25) is 0 Å². The quantitative estimate of drug-likeness (QED) is 0.629. The second kappa shape index (κ2) is 3.16. The van der Waals surface area contributed by atoms with Crippen LogP contribution in [0.15, 0.2) is 18.3 Å². The Morgan fingerprint density at radius 1 is 1.50 bits per heavy atom. The monoisotopic (exact) mass is 172 g/mol. The van der Waals surface area contributed by atoms with Gasteiger partial charge in [0.05, 0.1) is 0 Å². The molecule has 0 aliphatic carbocycles. The van der Waals surface area contributed by atoms with Crippen molar-refractivity contribution < 1.29 is 0 Å². The maximum absolute atomic E-state index is 4.05. The van der Waals surface area contributed by atoms with Gasteiger partial charge in [0, 0.05) is 6.20 Å². The Labute approximate surface area is 71.4 Å². The molecule has 1 aromatic heterocycles. The summed E-state index contributed by atoms with van der Waals surface area (Å²) in [4.78, 5) is 4.05. The van der Waals surface area contributed by atoms with Crippen molar-refractivity contribution >= 4 is 31.4 Å². The van der Waals surface area contributed by atoms with Gasteiger partial charge in [0.2, 0.25) is 0 Å². The molecular formula is C6H8N2S2. The zero-order valence-electron chi connectivity index (χ0n) is 5.52. The number of rotatable bonds is 1. The SMILES string of the molecule is Cc1cccnc1N(S)S. The number of thiol groups is 2. The topological polar surface area (TPSA) is 16.1 Å². The number of aromatic nitrogens is 1. The molecule has 0 aliphatic heterocycles. The first-order valence-electron chi connectivity index (χ1n) is 2.81. The normalized spacial score (nSPS) is 9.50. The Hall–Kier alpha value is -0.350. The summed E-state index contributed by atoms with van der Waals surface area (Å²) in [6.45, 7) is 1.96. The van der Waals surface area contributed by atoms with E-state index in [1.807, 2.05) is 19.1 Å². The van der Waals surface area contributed by atoms with E-state index in [0.717, 1.165) is 11.4 Å². The first kappa shape index (κ1) is 7.75. The van der Waals surface area contributed by atoms with Crippen LogP contribution < -0.4 is 3.71 Å². The average molecular weight is 172 g/mol. The Bertz CT molecular complexity index is 225. The van der Waals surface area contributed by atoms with Gasteiger partial charge in [-0.05, 0) is 18.6 Å². The van der Waals surface area contributed by atoms with Crippen LogP contribution in [0.1, 0.15) is 5.56 Å². The van der Waals surface area contributed by atoms with Gasteiger partial charge in [-0.2, -0.15) is 0 Å². The zero-order valence-corrected chi connectivity index (χ0v) is 7.31. The number of nitrogens with zero attached hydrogens (tertiary/aromatic N) is 2. The lowest BCUT2D eigenvalue weighted by atomic mass is 10.3. The first-order chi connectivity index (χ1) is 4.72. The molecule has 0 aromatic carbocycles. The van der Waals surface area contributed by atoms with Crippen molar-refractivity contribution in [3.05, 3.63) is 23.9 Å². The van der Waals surface area contributed by atoms with Gasteiger partial charge in [-0.25, -0.2) is 8.69 Å². The van der Waals surface area contributed by atoms with Gasteiger partial charge in [0.1, 0.15) is 0 Å². The smallest absolute Gasteiger partial charge is 0.151 e. The van der Waals surface area contributed by atoms with Crippen LogP contribution in [0.4, 0.5) is 5.82 Å². The lowest BCUT2D eigenvalue weighted by molar-refractivity contribution is 1.26. The van der Waals surface area contributed by atoms with Crippen LogP contribution in [0.3, 0.4) is 0 Å². The van der Waals surface area contributed by atoms with Crippen LogP contribution in [-0.4, -0.2) is 4.98 Å². The lowest BCUT2D eigenvalue weighted by Crippen LogP contribution is -1.97. The minimum Gasteiger partial charge on any atom is -0.247 e. The number of hydrogen-bond acceptors (Lipinski definition) is 4. The van der Waals surface area contributed by atoms with E-state index >= 15 is 0 Å². The Morgan fingerprint density at radius 3 is 2.60 bits per heavy atom. The zero-order chi connectivity index (χ0) is 7.56. The van der Waals surface area contributed by atoms with Crippen molar-refractivity contribution in [3.63, 3.8) is 0 Å². The second-order valence-corrected chi connectivity index (χ2v) is 3.05. The number of hydrogen-bond donors (Lipinski definition) is 2. The molecule has 0 atom stereocenters. The van der Waals surface area contributed by atoms with Crippen molar-refractivity contribution in [1.82, 2.24) is 4.98 Å². The van der Waals surface area contributed by atoms with Crippen molar-refractivity contribution in [1.29, 1.82) is 0 Å². The fraction of sp³-hybridized carbons (Fsp3) is 0.167. The van der Waals surface area contributed by atoms with Crippen LogP contribution in [0.2, 0.25) is 0 Å². The predicted octanol–water partition coefficient (Wildman–Crippen LogP) is 1.89. The van der Waals surface area contributed by atoms with E-state index in [1.165, 1.54) is 3.71 Å². The lowest BCUT2D eigenvalue weighted by Gasteiger charge is -2.09. The predicted molar refractivity (Wildman–Crippen MR) is 49.4 cm³/mol. The van der Waals surface area contributed by atoms with Crippen LogP contribution in [0, 0.1) is 6.92 Å². The van der Waals surface area contributed by atoms with E-state index in [2.05, 4.69) is 30.6 Å². The van der Waals surface area contributed by atoms with E-state index < -0.39 is 0 Å². The highest BCUT2D eigenvalue weighted by Gasteiger charge is 1.99. The van der Waals surface area contributed by atoms with Gasteiger partial charge < -0.3 is 0 Å². The molecule has 0 saturated carbocycles. The molecule has 0 radical (unpaired) electrons. The maximum atomic E-state index is 4.05. The third-order valence-electron chi connectivity index (χ3n) is 1.17. The van der Waals surface area contributed by atoms with E-state index in [9.17, 15) is 0 Å². The second-order valence-electron chi connectivity index (χ2n) is 1.93. The van der Waals surface area contributed by atoms with Gasteiger partial charge in [-0.15, -0.1) is 0 Å². The molecule has 0 aliphatic rings. The highest BCUT2D eigenvalue weighted by molar-refractivity contribution is 8.00. The highest BCUT2D eigenvalue weighted by atomic mass is 32.2. The summed E-state index contributed by atoms with van der Waals surface area (Å²) in [6.07, 6.45) is 1.71. The standard InChI is InChI=1S/C6H8N2S2/c1-5-3-2-4-7-6(5)8(9)10/h2-4,9-10H,1H3. The van der Waals surface area contributed by atoms with Crippen LogP contribution in [0.5, 0.6) is 0 Å². The molecule has 0 spiro atoms. The summed E-state index contributed by atoms with van der Waals surface area (Å²) in [5.41, 5.74) is 1.06. The molecule has 10 heavy (non-hydrogen) atoms. The first-order valence-corrected chi connectivity index (χ1v) is 3.61. The van der Waals surface area contributed by atoms with Gasteiger partial charge in [0.25, 0.3) is 0 Å². The van der Waals surface area contributed by atoms with Crippen LogP contribution >= 0.6 is 25.6 Å². The average Bonchev–Trinajstić information content (AvgIpc) is 1.88. The fourth-order valence-corrected chi connectivity index (χ4v) is 1.11. The molecule has 0 amide bonds. The third kappa shape index (κ3) is 1.58. The molecule has 0 fully saturated rings. The minimum atomic E-state index is 0.772. The molecular weight excluding hydrogens is 164 g/mol. The van der Waals surface area contributed by atoms with E-state index in [0.29, 0.717) is 0 Å². The van der Waals surface area contributed by atoms with Crippen LogP contribution in [0.25, 0.3) is 0 Å². The summed E-state index contributed by atoms with van der Waals surface area (Å²) in [6, 6.07) is 3.84. The largest absolute Gasteiger partial charge is 0.247 e. The van der Waals surface area contributed by atoms with Crippen molar-refractivity contribution in [3.8, 4) is 0 Å². The molecule has 0 N–H and O–H groups in total. The molecule has 0 saturated heterocycles. The molecule has 54 valence electrons. The molecule has 4 heteroatoms. The summed E-state index contributed by atoms with van der Waals surface area (Å²) in [5, 5.41) is 0. The van der Waals surface area contributed by atoms with Crippen molar-refractivity contribution in [2.45, 2.75) is 6.92 Å². The fourth-order valence-electron chi connectivity index (χ4n) is 0.687. The van der Waals surface area contributed by atoms with Crippen LogP contribution in [-0.2, 0) is 0 Å². The Kier molecular flexibility index (Phi) is 2.45. The van der Waals surface area contributed by atoms with Gasteiger partial charge >= 0.3 is 0 Å². The molecule has 0 unspecified atom stereocenters. The molecule has 1 heterocycles.